The van der Waals surface area contributed by atoms with Gasteiger partial charge < -0.3 is 20.8 Å². The zero-order valence-corrected chi connectivity index (χ0v) is 39.8. The number of carbonyl (C=O) groups excluding carboxylic acids is 2. The van der Waals surface area contributed by atoms with Gasteiger partial charge >= 0.3 is 0 Å². The van der Waals surface area contributed by atoms with E-state index in [1.165, 1.54) is 77.2 Å². The second kappa shape index (κ2) is 20.4. The summed E-state index contributed by atoms with van der Waals surface area (Å²) in [6.45, 7) is 5.85. The highest BCUT2D eigenvalue weighted by molar-refractivity contribution is 9.10. The first-order valence-electron chi connectivity index (χ1n) is 21.6. The molecule has 2 amide bonds. The van der Waals surface area contributed by atoms with Gasteiger partial charge in [0.1, 0.15) is 45.6 Å². The molecule has 17 heteroatoms. The van der Waals surface area contributed by atoms with Crippen LogP contribution in [0.15, 0.2) is 116 Å². The Hall–Kier alpha value is -6.77. The first-order chi connectivity index (χ1) is 32.1. The van der Waals surface area contributed by atoms with E-state index in [9.17, 15) is 38.2 Å². The minimum atomic E-state index is -0.755. The average Bonchev–Trinajstić information content (AvgIpc) is 3.29. The molecule has 9 rings (SSSR count). The number of halogens is 4. The summed E-state index contributed by atoms with van der Waals surface area (Å²) in [5.41, 5.74) is 1.26. The van der Waals surface area contributed by atoms with Crippen molar-refractivity contribution in [2.24, 2.45) is 5.41 Å². The number of nitrogens with one attached hydrogen (secondary N) is 2. The molecule has 3 aromatic carbocycles. The van der Waals surface area contributed by atoms with Gasteiger partial charge in [0.15, 0.2) is 0 Å². The van der Waals surface area contributed by atoms with Crippen LogP contribution in [0.5, 0.6) is 11.5 Å². The highest BCUT2D eigenvalue weighted by Crippen LogP contribution is 2.55. The maximum Gasteiger partial charge on any atom is 0.269 e. The Bertz CT molecular complexity index is 3160. The van der Waals surface area contributed by atoms with Gasteiger partial charge in [-0.1, -0.05) is 56.7 Å². The number of carbonyl (C=O) groups is 2. The van der Waals surface area contributed by atoms with E-state index in [0.717, 1.165) is 18.4 Å². The minimum absolute atomic E-state index is 0.0217. The molecule has 13 nitrogen and oxygen atoms in total. The van der Waals surface area contributed by atoms with Crippen molar-refractivity contribution in [3.63, 3.8) is 0 Å². The third kappa shape index (κ3) is 10.3. The molecule has 2 saturated carbocycles. The fourth-order valence-corrected chi connectivity index (χ4v) is 9.12. The summed E-state index contributed by atoms with van der Waals surface area (Å²) in [5, 5.41) is 36.8. The lowest BCUT2D eigenvalue weighted by Gasteiger charge is -2.54. The lowest BCUT2D eigenvalue weighted by molar-refractivity contribution is -0.000683. The van der Waals surface area contributed by atoms with Gasteiger partial charge in [-0.2, -0.15) is 5.26 Å². The van der Waals surface area contributed by atoms with E-state index in [1.807, 2.05) is 19.9 Å². The normalized spacial score (nSPS) is 14.1. The first kappa shape index (κ1) is 48.2. The van der Waals surface area contributed by atoms with Gasteiger partial charge in [-0.05, 0) is 135 Å². The van der Waals surface area contributed by atoms with Crippen LogP contribution in [0, 0.1) is 28.4 Å². The number of nitrogens with zero attached hydrogens (tertiary/aromatic N) is 5. The van der Waals surface area contributed by atoms with E-state index in [0.29, 0.717) is 36.4 Å². The molecule has 0 saturated heterocycles. The van der Waals surface area contributed by atoms with E-state index in [1.54, 1.807) is 55.5 Å². The van der Waals surface area contributed by atoms with Gasteiger partial charge in [0.05, 0.1) is 41.5 Å². The van der Waals surface area contributed by atoms with Crippen molar-refractivity contribution in [1.29, 1.82) is 5.26 Å². The van der Waals surface area contributed by atoms with Crippen LogP contribution in [0.1, 0.15) is 102 Å². The zero-order valence-electron chi connectivity index (χ0n) is 36.6. The molecule has 4 N–H and O–H groups in total. The molecule has 344 valence electrons. The Morgan fingerprint density at radius 1 is 0.776 bits per heavy atom. The van der Waals surface area contributed by atoms with E-state index < -0.39 is 46.1 Å². The van der Waals surface area contributed by atoms with E-state index in [2.05, 4.69) is 52.5 Å². The van der Waals surface area contributed by atoms with Crippen LogP contribution >= 0.6 is 31.9 Å². The number of amides is 2. The minimum Gasteiger partial charge on any atom is -0.506 e. The monoisotopic (exact) mass is 1040 g/mol. The number of fused-ring (bicyclic) bond motifs is 2. The van der Waals surface area contributed by atoms with Crippen LogP contribution in [-0.4, -0.2) is 47.2 Å². The summed E-state index contributed by atoms with van der Waals surface area (Å²) in [7, 11) is 0. The van der Waals surface area contributed by atoms with Crippen LogP contribution in [0.4, 0.5) is 8.78 Å². The summed E-state index contributed by atoms with van der Waals surface area (Å²) in [6.07, 6.45) is 8.48. The lowest BCUT2D eigenvalue weighted by atomic mass is 9.54. The first-order valence-corrected chi connectivity index (χ1v) is 23.1. The van der Waals surface area contributed by atoms with Crippen molar-refractivity contribution < 1.29 is 28.6 Å². The number of hydrogen-bond donors (Lipinski definition) is 4. The molecule has 0 radical (unpaired) electrons. The molecular weight excluding hydrogens is 992 g/mol. The smallest absolute Gasteiger partial charge is 0.269 e. The fourth-order valence-electron chi connectivity index (χ4n) is 8.45. The molecule has 2 aliphatic rings. The Kier molecular flexibility index (Phi) is 14.7. The zero-order chi connectivity index (χ0) is 48.2. The number of hydrogen-bond acceptors (Lipinski definition) is 9. The standard InChI is InChI=1S/C25H18BrFN4O3.C23H21BrFN3O3.C2H6/c1-14(17-6-2-15(11-28)3-7-17)30-24(33)21-22(32)20-10-18(26)12-29-23(20)31(25(21)34)13-16-4-8-19(27)9-5-16;24-14-8-17-19(29)18(21(30)27-16-9-23(10-16)6-1-7-23)22(31)28(20(17)26-11-14)12-13-2-4-15(25)5-3-13;1-2/h2-10,12,14,32H,13H2,1H3,(H,30,33);2-5,8,11,16,29H,1,6-7,9-10,12H2,(H,27,30);1-2H3. The molecule has 67 heavy (non-hydrogen) atoms. The molecule has 4 heterocycles. The Morgan fingerprint density at radius 3 is 1.64 bits per heavy atom. The lowest BCUT2D eigenvalue weighted by Crippen LogP contribution is -2.54. The molecule has 1 spiro atoms. The molecule has 7 aromatic rings. The molecule has 2 aliphatic carbocycles. The predicted molar refractivity (Wildman–Crippen MR) is 257 cm³/mol. The van der Waals surface area contributed by atoms with Crippen LogP contribution in [0.25, 0.3) is 22.1 Å². The highest BCUT2D eigenvalue weighted by atomic mass is 79.9. The third-order valence-corrected chi connectivity index (χ3v) is 12.9. The van der Waals surface area contributed by atoms with Crippen molar-refractivity contribution in [2.75, 3.05) is 0 Å². The molecule has 4 aromatic heterocycles. The fraction of sp³-hybridized carbons (Fsp3) is 0.260. The largest absolute Gasteiger partial charge is 0.506 e. The average molecular weight is 1040 g/mol. The maximum absolute atomic E-state index is 13.4. The topological polar surface area (TPSA) is 192 Å². The quantitative estimate of drug-likeness (QED) is 0.109. The van der Waals surface area contributed by atoms with Crippen LogP contribution in [0.2, 0.25) is 0 Å². The maximum atomic E-state index is 13.4. The summed E-state index contributed by atoms with van der Waals surface area (Å²) >= 11 is 6.63. The predicted octanol–water partition coefficient (Wildman–Crippen LogP) is 9.56. The number of rotatable bonds is 9. The number of aromatic nitrogens is 4. The number of benzene rings is 3. The van der Waals surface area contributed by atoms with Crippen molar-refractivity contribution in [3.05, 3.63) is 172 Å². The van der Waals surface area contributed by atoms with Gasteiger partial charge in [-0.25, -0.2) is 18.7 Å². The van der Waals surface area contributed by atoms with Gasteiger partial charge in [0.25, 0.3) is 22.9 Å². The van der Waals surface area contributed by atoms with Gasteiger partial charge in [-0.3, -0.25) is 28.3 Å². The Labute approximate surface area is 400 Å². The summed E-state index contributed by atoms with van der Waals surface area (Å²) < 4.78 is 30.4. The second-order valence-electron chi connectivity index (χ2n) is 16.4. The van der Waals surface area contributed by atoms with Gasteiger partial charge in [-0.15, -0.1) is 0 Å². The van der Waals surface area contributed by atoms with E-state index in [4.69, 9.17) is 5.26 Å². The third-order valence-electron chi connectivity index (χ3n) is 12.0. The second-order valence-corrected chi connectivity index (χ2v) is 18.2. The number of nitriles is 1. The SMILES string of the molecule is CC.CC(NC(=O)c1c(O)c2cc(Br)cnc2n(Cc2ccc(F)cc2)c1=O)c1ccc(C#N)cc1.O=C(NC1CC2(CCC2)C1)c1c(O)c2cc(Br)cnc2n(Cc2ccc(F)cc2)c1=O. The van der Waals surface area contributed by atoms with Crippen molar-refractivity contribution in [1.82, 2.24) is 29.7 Å². The Balaban J connectivity index is 0.000000192. The number of aromatic hydroxyl groups is 2. The van der Waals surface area contributed by atoms with Gasteiger partial charge in [0.2, 0.25) is 0 Å². The number of pyridine rings is 4. The summed E-state index contributed by atoms with van der Waals surface area (Å²) in [6, 6.07) is 22.8. The Morgan fingerprint density at radius 2 is 1.22 bits per heavy atom. The molecule has 1 atom stereocenters. The van der Waals surface area contributed by atoms with Crippen molar-refractivity contribution >= 4 is 65.7 Å². The molecule has 0 aliphatic heterocycles. The molecule has 2 fully saturated rings. The highest BCUT2D eigenvalue weighted by Gasteiger charge is 2.48. The van der Waals surface area contributed by atoms with Gasteiger partial charge in [0, 0.05) is 27.4 Å². The van der Waals surface area contributed by atoms with E-state index in [-0.39, 0.29) is 52.9 Å². The van der Waals surface area contributed by atoms with Crippen LogP contribution in [-0.2, 0) is 13.1 Å². The molecule has 0 bridgehead atoms. The summed E-state index contributed by atoms with van der Waals surface area (Å²) in [5.74, 6) is -2.97. The van der Waals surface area contributed by atoms with E-state index >= 15 is 0 Å². The van der Waals surface area contributed by atoms with Crippen molar-refractivity contribution in [2.45, 2.75) is 78.0 Å². The molecular formula is C50H45Br2F2N7O6. The van der Waals surface area contributed by atoms with Crippen LogP contribution < -0.4 is 21.8 Å². The molecule has 1 unspecified atom stereocenters. The summed E-state index contributed by atoms with van der Waals surface area (Å²) in [4.78, 5) is 61.4. The van der Waals surface area contributed by atoms with Crippen molar-refractivity contribution in [3.8, 4) is 17.6 Å². The van der Waals surface area contributed by atoms with Crippen LogP contribution in [0.3, 0.4) is 0 Å².